The minimum atomic E-state index is -0.0952. The van der Waals surface area contributed by atoms with Crippen molar-refractivity contribution >= 4 is 39.3 Å². The maximum Gasteiger partial charge on any atom is 0.234 e. The summed E-state index contributed by atoms with van der Waals surface area (Å²) in [6.45, 7) is 3.07. The van der Waals surface area contributed by atoms with Crippen LogP contribution in [0, 0.1) is 6.92 Å². The van der Waals surface area contributed by atoms with Crippen LogP contribution in [0.5, 0.6) is 0 Å². The molecule has 0 aliphatic rings. The maximum atomic E-state index is 12.4. The van der Waals surface area contributed by atoms with Crippen molar-refractivity contribution in [2.75, 3.05) is 24.8 Å². The number of amides is 1. The number of anilines is 1. The zero-order valence-corrected chi connectivity index (χ0v) is 18.0. The summed E-state index contributed by atoms with van der Waals surface area (Å²) in [5.74, 6) is 0.866. The van der Waals surface area contributed by atoms with Crippen LogP contribution in [0.1, 0.15) is 5.56 Å². The van der Waals surface area contributed by atoms with Crippen LogP contribution in [0.2, 0.25) is 0 Å². The molecule has 7 nitrogen and oxygen atoms in total. The van der Waals surface area contributed by atoms with Crippen molar-refractivity contribution in [3.05, 3.63) is 52.8 Å². The molecule has 0 aliphatic heterocycles. The first-order valence-electron chi connectivity index (χ1n) is 8.60. The molecule has 0 bridgehead atoms. The van der Waals surface area contributed by atoms with Gasteiger partial charge in [0.1, 0.15) is 0 Å². The third kappa shape index (κ3) is 5.18. The molecular formula is C19H20BrN5O2S. The number of carbonyl (C=O) groups is 1. The number of thioether (sulfide) groups is 1. The molecule has 1 aromatic carbocycles. The van der Waals surface area contributed by atoms with Gasteiger partial charge >= 0.3 is 0 Å². The van der Waals surface area contributed by atoms with Crippen LogP contribution in [-0.4, -0.2) is 45.1 Å². The quantitative estimate of drug-likeness (QED) is 0.513. The monoisotopic (exact) mass is 461 g/mol. The van der Waals surface area contributed by atoms with Crippen LogP contribution in [-0.2, 0) is 16.1 Å². The van der Waals surface area contributed by atoms with E-state index in [9.17, 15) is 4.79 Å². The first-order chi connectivity index (χ1) is 13.6. The van der Waals surface area contributed by atoms with E-state index < -0.39 is 0 Å². The van der Waals surface area contributed by atoms with Gasteiger partial charge in [0.05, 0.1) is 18.9 Å². The summed E-state index contributed by atoms with van der Waals surface area (Å²) in [6.07, 6.45) is 3.43. The second-order valence-electron chi connectivity index (χ2n) is 5.98. The molecule has 2 aromatic heterocycles. The summed E-state index contributed by atoms with van der Waals surface area (Å²) in [5.41, 5.74) is 2.71. The Kier molecular flexibility index (Phi) is 7.18. The topological polar surface area (TPSA) is 81.9 Å². The van der Waals surface area contributed by atoms with Gasteiger partial charge in [-0.15, -0.1) is 10.2 Å². The largest absolute Gasteiger partial charge is 0.383 e. The Balaban J connectivity index is 1.71. The molecule has 146 valence electrons. The highest BCUT2D eigenvalue weighted by Gasteiger charge is 2.16. The molecule has 1 N–H and O–H groups in total. The van der Waals surface area contributed by atoms with Crippen molar-refractivity contribution in [1.29, 1.82) is 0 Å². The number of pyridine rings is 1. The van der Waals surface area contributed by atoms with Crippen molar-refractivity contribution in [3.63, 3.8) is 0 Å². The van der Waals surface area contributed by atoms with Crippen molar-refractivity contribution in [1.82, 2.24) is 19.7 Å². The Morgan fingerprint density at radius 1 is 1.25 bits per heavy atom. The number of nitrogens with zero attached hydrogens (tertiary/aromatic N) is 4. The minimum Gasteiger partial charge on any atom is -0.383 e. The molecule has 28 heavy (non-hydrogen) atoms. The molecule has 3 aromatic rings. The number of benzene rings is 1. The van der Waals surface area contributed by atoms with Gasteiger partial charge < -0.3 is 10.1 Å². The number of aromatic nitrogens is 4. The highest BCUT2D eigenvalue weighted by Crippen LogP contribution is 2.24. The van der Waals surface area contributed by atoms with E-state index in [1.54, 1.807) is 19.5 Å². The van der Waals surface area contributed by atoms with Gasteiger partial charge in [-0.2, -0.15) is 0 Å². The van der Waals surface area contributed by atoms with E-state index in [0.717, 1.165) is 27.1 Å². The van der Waals surface area contributed by atoms with Gasteiger partial charge in [0.2, 0.25) is 5.91 Å². The molecular weight excluding hydrogens is 442 g/mol. The van der Waals surface area contributed by atoms with E-state index in [1.165, 1.54) is 11.8 Å². The highest BCUT2D eigenvalue weighted by atomic mass is 79.9. The molecule has 0 unspecified atom stereocenters. The summed E-state index contributed by atoms with van der Waals surface area (Å²) >= 11 is 4.77. The Bertz CT molecular complexity index is 949. The average Bonchev–Trinajstić information content (AvgIpc) is 3.10. The van der Waals surface area contributed by atoms with E-state index in [2.05, 4.69) is 36.4 Å². The van der Waals surface area contributed by atoms with E-state index in [-0.39, 0.29) is 11.7 Å². The summed E-state index contributed by atoms with van der Waals surface area (Å²) in [4.78, 5) is 16.4. The Labute approximate surface area is 176 Å². The smallest absolute Gasteiger partial charge is 0.234 e. The zero-order chi connectivity index (χ0) is 19.9. The molecule has 0 spiro atoms. The van der Waals surface area contributed by atoms with Gasteiger partial charge in [0, 0.05) is 35.2 Å². The first-order valence-corrected chi connectivity index (χ1v) is 10.4. The summed E-state index contributed by atoms with van der Waals surface area (Å²) < 4.78 is 8.15. The number of hydrogen-bond donors (Lipinski definition) is 1. The van der Waals surface area contributed by atoms with E-state index in [1.807, 2.05) is 41.8 Å². The van der Waals surface area contributed by atoms with Crippen LogP contribution in [0.3, 0.4) is 0 Å². The molecule has 0 atom stereocenters. The second kappa shape index (κ2) is 9.81. The predicted octanol–water partition coefficient (Wildman–Crippen LogP) is 3.79. The van der Waals surface area contributed by atoms with E-state index >= 15 is 0 Å². The molecule has 0 fully saturated rings. The lowest BCUT2D eigenvalue weighted by molar-refractivity contribution is -0.113. The predicted molar refractivity (Wildman–Crippen MR) is 113 cm³/mol. The van der Waals surface area contributed by atoms with Gasteiger partial charge in [-0.25, -0.2) is 0 Å². The van der Waals surface area contributed by atoms with E-state index in [4.69, 9.17) is 4.74 Å². The molecule has 0 radical (unpaired) electrons. The normalized spacial score (nSPS) is 10.8. The number of aryl methyl sites for hydroxylation is 1. The standard InChI is InChI=1S/C19H20BrN5O2S/c1-13-11-15(20)3-4-16(13)22-17(26)12-28-19-24-23-18(25(19)9-10-27-2)14-5-7-21-8-6-14/h3-8,11H,9-10,12H2,1-2H3,(H,22,26). The SMILES string of the molecule is COCCn1c(SCC(=O)Nc2ccc(Br)cc2C)nnc1-c1ccncc1. The average molecular weight is 462 g/mol. The van der Waals surface area contributed by atoms with Gasteiger partial charge in [-0.1, -0.05) is 27.7 Å². The Morgan fingerprint density at radius 3 is 2.75 bits per heavy atom. The van der Waals surface area contributed by atoms with Crippen molar-refractivity contribution in [2.45, 2.75) is 18.6 Å². The highest BCUT2D eigenvalue weighted by molar-refractivity contribution is 9.10. The summed E-state index contributed by atoms with van der Waals surface area (Å²) in [6, 6.07) is 9.50. The second-order valence-corrected chi connectivity index (χ2v) is 7.84. The van der Waals surface area contributed by atoms with Crippen molar-refractivity contribution in [2.24, 2.45) is 0 Å². The molecule has 9 heteroatoms. The lowest BCUT2D eigenvalue weighted by atomic mass is 10.2. The lowest BCUT2D eigenvalue weighted by Gasteiger charge is -2.10. The number of hydrogen-bond acceptors (Lipinski definition) is 6. The third-order valence-corrected chi connectivity index (χ3v) is 5.43. The van der Waals surface area contributed by atoms with Gasteiger partial charge in [-0.05, 0) is 42.8 Å². The van der Waals surface area contributed by atoms with E-state index in [0.29, 0.717) is 18.3 Å². The first kappa shape index (κ1) is 20.5. The fourth-order valence-corrected chi connectivity index (χ4v) is 3.82. The van der Waals surface area contributed by atoms with Gasteiger partial charge in [-0.3, -0.25) is 14.3 Å². The summed E-state index contributed by atoms with van der Waals surface area (Å²) in [7, 11) is 1.65. The molecule has 3 rings (SSSR count). The number of rotatable bonds is 8. The van der Waals surface area contributed by atoms with Gasteiger partial charge in [0.15, 0.2) is 11.0 Å². The van der Waals surface area contributed by atoms with Crippen LogP contribution < -0.4 is 5.32 Å². The molecule has 0 saturated heterocycles. The molecule has 2 heterocycles. The Morgan fingerprint density at radius 2 is 2.04 bits per heavy atom. The molecule has 1 amide bonds. The molecule has 0 aliphatic carbocycles. The van der Waals surface area contributed by atoms with Crippen molar-refractivity contribution in [3.8, 4) is 11.4 Å². The summed E-state index contributed by atoms with van der Waals surface area (Å²) in [5, 5.41) is 12.2. The van der Waals surface area contributed by atoms with Crippen molar-refractivity contribution < 1.29 is 9.53 Å². The number of nitrogens with one attached hydrogen (secondary N) is 1. The van der Waals surface area contributed by atoms with Crippen LogP contribution in [0.15, 0.2) is 52.4 Å². The zero-order valence-electron chi connectivity index (χ0n) is 15.6. The number of carbonyl (C=O) groups excluding carboxylic acids is 1. The number of methoxy groups -OCH3 is 1. The maximum absolute atomic E-state index is 12.4. The number of halogens is 1. The fraction of sp³-hybridized carbons (Fsp3) is 0.263. The fourth-order valence-electron chi connectivity index (χ4n) is 2.58. The third-order valence-electron chi connectivity index (χ3n) is 3.97. The van der Waals surface area contributed by atoms with Crippen LogP contribution >= 0.6 is 27.7 Å². The van der Waals surface area contributed by atoms with Crippen LogP contribution in [0.25, 0.3) is 11.4 Å². The Hall–Kier alpha value is -2.23. The van der Waals surface area contributed by atoms with Crippen LogP contribution in [0.4, 0.5) is 5.69 Å². The molecule has 0 saturated carbocycles. The van der Waals surface area contributed by atoms with Gasteiger partial charge in [0.25, 0.3) is 0 Å². The lowest BCUT2D eigenvalue weighted by Crippen LogP contribution is -2.15. The minimum absolute atomic E-state index is 0.0952. The number of ether oxygens (including phenoxy) is 1.